The first-order valence-electron chi connectivity index (χ1n) is 9.49. The van der Waals surface area contributed by atoms with Gasteiger partial charge in [-0.1, -0.05) is 52.9 Å². The highest BCUT2D eigenvalue weighted by Crippen LogP contribution is 2.42. The second-order valence-electron chi connectivity index (χ2n) is 7.26. The fraction of sp³-hybridized carbons (Fsp3) is 0.650. The number of alkyl halides is 1. The number of hydrogen-bond donors (Lipinski definition) is 2. The van der Waals surface area contributed by atoms with Crippen LogP contribution in [0.25, 0.3) is 0 Å². The quantitative estimate of drug-likeness (QED) is 0.431. The van der Waals surface area contributed by atoms with E-state index in [4.69, 9.17) is 14.2 Å². The molecule has 1 aliphatic heterocycles. The lowest BCUT2D eigenvalue weighted by Crippen LogP contribution is -2.37. The lowest BCUT2D eigenvalue weighted by molar-refractivity contribution is -0.197. The number of carboxylic acid groups (broad SMARTS) is 1. The van der Waals surface area contributed by atoms with E-state index >= 15 is 0 Å². The Morgan fingerprint density at radius 1 is 1.22 bits per heavy atom. The largest absolute Gasteiger partial charge is 0.481 e. The molecule has 1 aromatic rings. The molecular weight excluding hydrogens is 463 g/mol. The normalized spacial score (nSPS) is 33.9. The molecule has 3 rings (SSSR count). The maximum atomic E-state index is 11.3. The Hall–Kier alpha value is -0.740. The van der Waals surface area contributed by atoms with E-state index in [0.717, 1.165) is 24.8 Å². The van der Waals surface area contributed by atoms with E-state index in [1.807, 2.05) is 30.3 Å². The zero-order chi connectivity index (χ0) is 19.2. The van der Waals surface area contributed by atoms with Crippen molar-refractivity contribution in [2.75, 3.05) is 13.2 Å². The number of carboxylic acids is 1. The molecule has 0 spiro atoms. The van der Waals surface area contributed by atoms with Gasteiger partial charge in [0.1, 0.15) is 0 Å². The molecule has 7 heteroatoms. The Balaban J connectivity index is 1.66. The average Bonchev–Trinajstić information content (AvgIpc) is 2.88. The number of carbonyl (C=O) groups is 1. The molecule has 150 valence electrons. The third-order valence-corrected chi connectivity index (χ3v) is 6.78. The fourth-order valence-corrected chi connectivity index (χ4v) is 5.15. The predicted octanol–water partition coefficient (Wildman–Crippen LogP) is 3.00. The van der Waals surface area contributed by atoms with Crippen LogP contribution < -0.4 is 0 Å². The van der Waals surface area contributed by atoms with Crippen molar-refractivity contribution < 1.29 is 29.2 Å². The van der Waals surface area contributed by atoms with Gasteiger partial charge in [-0.3, -0.25) is 4.79 Å². The summed E-state index contributed by atoms with van der Waals surface area (Å²) in [5, 5.41) is 19.9. The van der Waals surface area contributed by atoms with Crippen molar-refractivity contribution in [3.63, 3.8) is 0 Å². The molecule has 1 heterocycles. The minimum atomic E-state index is -0.912. The van der Waals surface area contributed by atoms with E-state index in [1.165, 1.54) is 0 Å². The maximum absolute atomic E-state index is 11.3. The monoisotopic (exact) mass is 490 g/mol. The van der Waals surface area contributed by atoms with E-state index in [2.05, 4.69) is 22.6 Å². The van der Waals surface area contributed by atoms with Crippen molar-refractivity contribution in [3.05, 3.63) is 35.9 Å². The van der Waals surface area contributed by atoms with Gasteiger partial charge < -0.3 is 24.4 Å². The van der Waals surface area contributed by atoms with Crippen molar-refractivity contribution in [3.8, 4) is 0 Å². The SMILES string of the molecule is O=C(O)CC1C(O)C(I)C(OC2CCCCO2)C1COCc1ccccc1. The van der Waals surface area contributed by atoms with Gasteiger partial charge in [-0.05, 0) is 24.8 Å². The van der Waals surface area contributed by atoms with Crippen LogP contribution in [-0.4, -0.2) is 51.8 Å². The molecule has 0 radical (unpaired) electrons. The Bertz CT molecular complexity index is 591. The molecule has 6 nitrogen and oxygen atoms in total. The zero-order valence-corrected chi connectivity index (χ0v) is 17.4. The van der Waals surface area contributed by atoms with Gasteiger partial charge >= 0.3 is 5.97 Å². The van der Waals surface area contributed by atoms with Gasteiger partial charge in [0.15, 0.2) is 6.29 Å². The first-order chi connectivity index (χ1) is 13.1. The van der Waals surface area contributed by atoms with Crippen LogP contribution in [0.5, 0.6) is 0 Å². The second kappa shape index (κ2) is 10.2. The van der Waals surface area contributed by atoms with Gasteiger partial charge in [0.25, 0.3) is 0 Å². The van der Waals surface area contributed by atoms with Gasteiger partial charge in [-0.25, -0.2) is 0 Å². The van der Waals surface area contributed by atoms with Crippen molar-refractivity contribution in [1.82, 2.24) is 0 Å². The molecule has 6 unspecified atom stereocenters. The first kappa shape index (κ1) is 21.0. The number of halogens is 1. The molecule has 2 aliphatic rings. The van der Waals surface area contributed by atoms with Crippen molar-refractivity contribution in [2.45, 2.75) is 54.7 Å². The molecule has 1 aliphatic carbocycles. The number of hydrogen-bond acceptors (Lipinski definition) is 5. The number of aliphatic hydroxyl groups excluding tert-OH is 1. The lowest BCUT2D eigenvalue weighted by Gasteiger charge is -2.31. The molecule has 6 atom stereocenters. The molecule has 1 saturated carbocycles. The van der Waals surface area contributed by atoms with Crippen LogP contribution in [0.15, 0.2) is 30.3 Å². The van der Waals surface area contributed by atoms with Crippen LogP contribution in [0.3, 0.4) is 0 Å². The Morgan fingerprint density at radius 2 is 2.00 bits per heavy atom. The molecular formula is C20H27IO6. The summed E-state index contributed by atoms with van der Waals surface area (Å²) in [5.74, 6) is -1.49. The predicted molar refractivity (Wildman–Crippen MR) is 108 cm³/mol. The highest BCUT2D eigenvalue weighted by Gasteiger charge is 2.51. The van der Waals surface area contributed by atoms with Crippen molar-refractivity contribution in [2.24, 2.45) is 11.8 Å². The summed E-state index contributed by atoms with van der Waals surface area (Å²) in [6, 6.07) is 9.84. The minimum absolute atomic E-state index is 0.0918. The standard InChI is InChI=1S/C20H27IO6/c21-18-19(24)14(10-16(22)23)15(12-25-11-13-6-2-1-3-7-13)20(18)27-17-8-4-5-9-26-17/h1-3,6-7,14-15,17-20,24H,4-5,8-12H2,(H,22,23). The number of aliphatic carboxylic acids is 1. The van der Waals surface area contributed by atoms with Gasteiger partial charge in [0, 0.05) is 18.4 Å². The van der Waals surface area contributed by atoms with E-state index in [0.29, 0.717) is 19.8 Å². The summed E-state index contributed by atoms with van der Waals surface area (Å²) >= 11 is 2.18. The van der Waals surface area contributed by atoms with E-state index in [9.17, 15) is 15.0 Å². The van der Waals surface area contributed by atoms with Gasteiger partial charge in [0.05, 0.1) is 35.8 Å². The molecule has 0 amide bonds. The summed E-state index contributed by atoms with van der Waals surface area (Å²) in [5.41, 5.74) is 1.06. The van der Waals surface area contributed by atoms with Crippen LogP contribution in [-0.2, 0) is 25.6 Å². The third kappa shape index (κ3) is 5.63. The van der Waals surface area contributed by atoms with Gasteiger partial charge in [-0.15, -0.1) is 0 Å². The van der Waals surface area contributed by atoms with Gasteiger partial charge in [0.2, 0.25) is 0 Å². The molecule has 2 N–H and O–H groups in total. The van der Waals surface area contributed by atoms with Crippen LogP contribution in [0, 0.1) is 11.8 Å². The topological polar surface area (TPSA) is 85.2 Å². The number of ether oxygens (including phenoxy) is 3. The highest BCUT2D eigenvalue weighted by atomic mass is 127. The zero-order valence-electron chi connectivity index (χ0n) is 15.2. The summed E-state index contributed by atoms with van der Waals surface area (Å²) in [6.45, 7) is 1.48. The van der Waals surface area contributed by atoms with E-state index in [1.54, 1.807) is 0 Å². The van der Waals surface area contributed by atoms with E-state index < -0.39 is 18.0 Å². The summed E-state index contributed by atoms with van der Waals surface area (Å²) in [6.07, 6.45) is 1.52. The Morgan fingerprint density at radius 3 is 2.67 bits per heavy atom. The number of aliphatic hydroxyl groups is 1. The lowest BCUT2D eigenvalue weighted by atomic mass is 9.91. The summed E-state index contributed by atoms with van der Waals surface area (Å²) in [7, 11) is 0. The third-order valence-electron chi connectivity index (χ3n) is 5.33. The van der Waals surface area contributed by atoms with Crippen LogP contribution >= 0.6 is 22.6 Å². The van der Waals surface area contributed by atoms with Crippen molar-refractivity contribution in [1.29, 1.82) is 0 Å². The average molecular weight is 490 g/mol. The van der Waals surface area contributed by atoms with Crippen molar-refractivity contribution >= 4 is 28.6 Å². The Kier molecular flexibility index (Phi) is 7.89. The second-order valence-corrected chi connectivity index (χ2v) is 8.70. The summed E-state index contributed by atoms with van der Waals surface area (Å²) < 4.78 is 17.6. The smallest absolute Gasteiger partial charge is 0.303 e. The Labute approximate surface area is 173 Å². The molecule has 0 bridgehead atoms. The van der Waals surface area contributed by atoms with Gasteiger partial charge in [-0.2, -0.15) is 0 Å². The molecule has 27 heavy (non-hydrogen) atoms. The van der Waals surface area contributed by atoms with Crippen LogP contribution in [0.2, 0.25) is 0 Å². The first-order valence-corrected chi connectivity index (χ1v) is 10.7. The summed E-state index contributed by atoms with van der Waals surface area (Å²) in [4.78, 5) is 11.3. The molecule has 1 aromatic carbocycles. The maximum Gasteiger partial charge on any atom is 0.303 e. The van der Waals surface area contributed by atoms with Crippen LogP contribution in [0.4, 0.5) is 0 Å². The number of benzene rings is 1. The molecule has 0 aromatic heterocycles. The fourth-order valence-electron chi connectivity index (χ4n) is 3.91. The van der Waals surface area contributed by atoms with E-state index in [-0.39, 0.29) is 28.7 Å². The van der Waals surface area contributed by atoms with Crippen LogP contribution in [0.1, 0.15) is 31.2 Å². The molecule has 2 fully saturated rings. The number of rotatable bonds is 8. The highest BCUT2D eigenvalue weighted by molar-refractivity contribution is 14.1. The molecule has 1 saturated heterocycles. The minimum Gasteiger partial charge on any atom is -0.481 e.